The molecule has 74 valence electrons. The summed E-state index contributed by atoms with van der Waals surface area (Å²) in [5, 5.41) is 19.2. The van der Waals surface area contributed by atoms with Crippen LogP contribution >= 0.6 is 0 Å². The molecule has 1 N–H and O–H groups in total. The Morgan fingerprint density at radius 1 is 1.46 bits per heavy atom. The van der Waals surface area contributed by atoms with E-state index in [4.69, 9.17) is 5.11 Å². The number of nitro groups is 1. The van der Waals surface area contributed by atoms with Crippen molar-refractivity contribution in [2.75, 3.05) is 0 Å². The molecule has 1 aliphatic carbocycles. The number of hydrogen-bond acceptors (Lipinski definition) is 3. The molecule has 0 saturated heterocycles. The first kappa shape index (κ1) is 9.95. The van der Waals surface area contributed by atoms with E-state index in [2.05, 4.69) is 0 Å². The maximum Gasteiger partial charge on any atom is 0.306 e. The van der Waals surface area contributed by atoms with E-state index in [0.29, 0.717) is 12.8 Å². The second-order valence-electron chi connectivity index (χ2n) is 3.79. The van der Waals surface area contributed by atoms with Crippen molar-refractivity contribution in [1.82, 2.24) is 0 Å². The van der Waals surface area contributed by atoms with Crippen LogP contribution in [0.15, 0.2) is 0 Å². The largest absolute Gasteiger partial charge is 0.481 e. The van der Waals surface area contributed by atoms with Crippen LogP contribution in [0.2, 0.25) is 0 Å². The molecular weight excluding hydrogens is 174 g/mol. The summed E-state index contributed by atoms with van der Waals surface area (Å²) in [6.07, 6.45) is 1.27. The first-order valence-corrected chi connectivity index (χ1v) is 4.37. The fraction of sp³-hybridized carbons (Fsp3) is 0.875. The molecule has 1 rings (SSSR count). The van der Waals surface area contributed by atoms with E-state index in [1.807, 2.05) is 6.92 Å². The minimum Gasteiger partial charge on any atom is -0.481 e. The van der Waals surface area contributed by atoms with Crippen molar-refractivity contribution >= 4 is 5.97 Å². The highest BCUT2D eigenvalue weighted by Crippen LogP contribution is 2.30. The molecule has 0 heterocycles. The van der Waals surface area contributed by atoms with E-state index in [0.717, 1.165) is 0 Å². The topological polar surface area (TPSA) is 80.4 Å². The Labute approximate surface area is 75.9 Å². The molecule has 5 nitrogen and oxygen atoms in total. The summed E-state index contributed by atoms with van der Waals surface area (Å²) in [6.45, 7) is 1.87. The molecule has 0 radical (unpaired) electrons. The fourth-order valence-electron chi connectivity index (χ4n) is 1.94. The van der Waals surface area contributed by atoms with Crippen molar-refractivity contribution in [2.24, 2.45) is 11.8 Å². The van der Waals surface area contributed by atoms with Gasteiger partial charge in [0.15, 0.2) is 0 Å². The molecule has 3 atom stereocenters. The summed E-state index contributed by atoms with van der Waals surface area (Å²) in [6, 6.07) is -0.662. The van der Waals surface area contributed by atoms with E-state index in [9.17, 15) is 14.9 Å². The van der Waals surface area contributed by atoms with Crippen LogP contribution in [0.25, 0.3) is 0 Å². The zero-order valence-corrected chi connectivity index (χ0v) is 7.47. The van der Waals surface area contributed by atoms with Gasteiger partial charge < -0.3 is 5.11 Å². The minimum atomic E-state index is -0.904. The summed E-state index contributed by atoms with van der Waals surface area (Å²) >= 11 is 0. The third-order valence-electron chi connectivity index (χ3n) is 2.57. The molecule has 0 aromatic rings. The van der Waals surface area contributed by atoms with E-state index in [1.165, 1.54) is 0 Å². The zero-order valence-electron chi connectivity index (χ0n) is 7.47. The maximum atomic E-state index is 10.6. The SMILES string of the molecule is CC1CC(C(=O)O)CC([N+](=O)[O-])C1. The van der Waals surface area contributed by atoms with Crippen molar-refractivity contribution in [3.8, 4) is 0 Å². The average Bonchev–Trinajstić information content (AvgIpc) is 2.03. The molecule has 1 saturated carbocycles. The lowest BCUT2D eigenvalue weighted by Gasteiger charge is -2.25. The third-order valence-corrected chi connectivity index (χ3v) is 2.57. The number of carboxylic acid groups (broad SMARTS) is 1. The molecule has 0 bridgehead atoms. The summed E-state index contributed by atoms with van der Waals surface area (Å²) in [7, 11) is 0. The van der Waals surface area contributed by atoms with Crippen LogP contribution in [0, 0.1) is 22.0 Å². The Morgan fingerprint density at radius 2 is 2.08 bits per heavy atom. The van der Waals surface area contributed by atoms with Crippen LogP contribution in [0.4, 0.5) is 0 Å². The summed E-state index contributed by atoms with van der Waals surface area (Å²) in [4.78, 5) is 20.8. The van der Waals surface area contributed by atoms with Crippen LogP contribution in [0.3, 0.4) is 0 Å². The lowest BCUT2D eigenvalue weighted by Crippen LogP contribution is -2.34. The van der Waals surface area contributed by atoms with E-state index >= 15 is 0 Å². The fourth-order valence-corrected chi connectivity index (χ4v) is 1.94. The highest BCUT2D eigenvalue weighted by atomic mass is 16.6. The molecular formula is C8H13NO4. The van der Waals surface area contributed by atoms with Gasteiger partial charge in [0.2, 0.25) is 6.04 Å². The first-order valence-electron chi connectivity index (χ1n) is 4.37. The van der Waals surface area contributed by atoms with Gasteiger partial charge in [-0.2, -0.15) is 0 Å². The monoisotopic (exact) mass is 187 g/mol. The van der Waals surface area contributed by atoms with Gasteiger partial charge in [-0.05, 0) is 12.3 Å². The molecule has 5 heteroatoms. The number of nitrogens with zero attached hydrogens (tertiary/aromatic N) is 1. The number of aliphatic carboxylic acids is 1. The predicted octanol–water partition coefficient (Wildman–Crippen LogP) is 1.15. The number of carbonyl (C=O) groups is 1. The Kier molecular flexibility index (Phi) is 2.85. The van der Waals surface area contributed by atoms with Crippen LogP contribution in [-0.2, 0) is 4.79 Å². The lowest BCUT2D eigenvalue weighted by molar-refractivity contribution is -0.529. The van der Waals surface area contributed by atoms with Gasteiger partial charge in [-0.25, -0.2) is 0 Å². The van der Waals surface area contributed by atoms with Crippen LogP contribution in [0.1, 0.15) is 26.2 Å². The van der Waals surface area contributed by atoms with Crippen LogP contribution < -0.4 is 0 Å². The smallest absolute Gasteiger partial charge is 0.306 e. The van der Waals surface area contributed by atoms with Crippen molar-refractivity contribution < 1.29 is 14.8 Å². The molecule has 0 spiro atoms. The Bertz CT molecular complexity index is 206. The van der Waals surface area contributed by atoms with Crippen molar-refractivity contribution in [2.45, 2.75) is 32.2 Å². The third kappa shape index (κ3) is 2.40. The standard InChI is InChI=1S/C8H13NO4/c1-5-2-6(8(10)11)4-7(3-5)9(12)13/h5-7H,2-4H2,1H3,(H,10,11). The Balaban J connectivity index is 2.62. The lowest BCUT2D eigenvalue weighted by atomic mass is 9.80. The number of hydrogen-bond donors (Lipinski definition) is 1. The van der Waals surface area contributed by atoms with E-state index < -0.39 is 17.9 Å². The summed E-state index contributed by atoms with van der Waals surface area (Å²) in [5.41, 5.74) is 0. The summed E-state index contributed by atoms with van der Waals surface area (Å²) < 4.78 is 0. The van der Waals surface area contributed by atoms with Gasteiger partial charge in [-0.3, -0.25) is 14.9 Å². The molecule has 3 unspecified atom stereocenters. The molecule has 1 aliphatic rings. The molecule has 1 fully saturated rings. The zero-order chi connectivity index (χ0) is 10.0. The summed E-state index contributed by atoms with van der Waals surface area (Å²) in [5.74, 6) is -1.29. The second kappa shape index (κ2) is 3.72. The normalized spacial score (nSPS) is 34.1. The maximum absolute atomic E-state index is 10.6. The molecule has 0 aromatic carbocycles. The molecule has 0 aromatic heterocycles. The van der Waals surface area contributed by atoms with Gasteiger partial charge in [0.05, 0.1) is 5.92 Å². The molecule has 0 amide bonds. The van der Waals surface area contributed by atoms with Crippen LogP contribution in [-0.4, -0.2) is 22.0 Å². The van der Waals surface area contributed by atoms with Gasteiger partial charge >= 0.3 is 5.97 Å². The van der Waals surface area contributed by atoms with Gasteiger partial charge in [0.1, 0.15) is 0 Å². The highest BCUT2D eigenvalue weighted by Gasteiger charge is 2.36. The van der Waals surface area contributed by atoms with Crippen LogP contribution in [0.5, 0.6) is 0 Å². The average molecular weight is 187 g/mol. The highest BCUT2D eigenvalue weighted by molar-refractivity contribution is 5.70. The van der Waals surface area contributed by atoms with Gasteiger partial charge in [0.25, 0.3) is 0 Å². The van der Waals surface area contributed by atoms with E-state index in [-0.39, 0.29) is 17.3 Å². The van der Waals surface area contributed by atoms with Crippen molar-refractivity contribution in [3.05, 3.63) is 10.1 Å². The Hall–Kier alpha value is -1.13. The number of carboxylic acids is 1. The molecule has 0 aliphatic heterocycles. The Morgan fingerprint density at radius 3 is 2.54 bits per heavy atom. The first-order chi connectivity index (χ1) is 6.00. The van der Waals surface area contributed by atoms with Gasteiger partial charge in [-0.15, -0.1) is 0 Å². The quantitative estimate of drug-likeness (QED) is 0.519. The number of rotatable bonds is 2. The van der Waals surface area contributed by atoms with Crippen molar-refractivity contribution in [1.29, 1.82) is 0 Å². The minimum absolute atomic E-state index is 0.144. The molecule has 13 heavy (non-hydrogen) atoms. The predicted molar refractivity (Wildman–Crippen MR) is 44.9 cm³/mol. The van der Waals surface area contributed by atoms with E-state index in [1.54, 1.807) is 0 Å². The van der Waals surface area contributed by atoms with Gasteiger partial charge in [-0.1, -0.05) is 6.92 Å². The second-order valence-corrected chi connectivity index (χ2v) is 3.79. The van der Waals surface area contributed by atoms with Crippen molar-refractivity contribution in [3.63, 3.8) is 0 Å². The van der Waals surface area contributed by atoms with Gasteiger partial charge in [0, 0.05) is 17.8 Å².